The highest BCUT2D eigenvalue weighted by molar-refractivity contribution is 5.97. The predicted molar refractivity (Wildman–Crippen MR) is 144 cm³/mol. The van der Waals surface area contributed by atoms with Crippen molar-refractivity contribution in [3.63, 3.8) is 0 Å². The number of aliphatic hydroxyl groups excluding tert-OH is 1. The van der Waals surface area contributed by atoms with Crippen molar-refractivity contribution in [2.75, 3.05) is 18.0 Å². The fourth-order valence-electron chi connectivity index (χ4n) is 4.76. The van der Waals surface area contributed by atoms with Gasteiger partial charge in [0.1, 0.15) is 11.9 Å². The van der Waals surface area contributed by atoms with Crippen molar-refractivity contribution < 1.29 is 24.9 Å². The van der Waals surface area contributed by atoms with Crippen LogP contribution in [0.1, 0.15) is 53.8 Å². The molecule has 0 bridgehead atoms. The molecule has 9 heteroatoms. The molecule has 0 radical (unpaired) electrons. The molecule has 1 saturated heterocycles. The third kappa shape index (κ3) is 6.28. The van der Waals surface area contributed by atoms with Crippen LogP contribution in [0.5, 0.6) is 5.75 Å². The maximum absolute atomic E-state index is 12.6. The number of amides is 1. The predicted octanol–water partition coefficient (Wildman–Crippen LogP) is 3.70. The number of hydrogen-bond donors (Lipinski definition) is 4. The van der Waals surface area contributed by atoms with Gasteiger partial charge in [0.05, 0.1) is 12.3 Å². The first-order valence-corrected chi connectivity index (χ1v) is 12.9. The molecular weight excluding hydrogens is 484 g/mol. The van der Waals surface area contributed by atoms with Crippen molar-refractivity contribution in [1.82, 2.24) is 15.3 Å². The summed E-state index contributed by atoms with van der Waals surface area (Å²) in [5.41, 5.74) is 4.41. The summed E-state index contributed by atoms with van der Waals surface area (Å²) in [5.74, 6) is -1.37. The number of aromatic hydroxyl groups is 1. The number of carbonyl (C=O) groups is 2. The third-order valence-electron chi connectivity index (χ3n) is 7.12. The van der Waals surface area contributed by atoms with Crippen LogP contribution in [0.15, 0.2) is 48.5 Å². The van der Waals surface area contributed by atoms with Crippen LogP contribution in [-0.4, -0.2) is 56.3 Å². The van der Waals surface area contributed by atoms with Crippen LogP contribution in [0.4, 0.5) is 5.69 Å². The lowest BCUT2D eigenvalue weighted by Gasteiger charge is -2.33. The van der Waals surface area contributed by atoms with Crippen molar-refractivity contribution in [2.24, 2.45) is 5.92 Å². The smallest absolute Gasteiger partial charge is 0.326 e. The number of hydrogen-bond acceptors (Lipinski definition) is 7. The summed E-state index contributed by atoms with van der Waals surface area (Å²) >= 11 is 0. The molecule has 1 amide bonds. The number of benzene rings is 2. The Morgan fingerprint density at radius 2 is 1.63 bits per heavy atom. The van der Waals surface area contributed by atoms with E-state index in [0.29, 0.717) is 23.9 Å². The number of aryl methyl sites for hydroxylation is 1. The fourth-order valence-corrected chi connectivity index (χ4v) is 4.76. The van der Waals surface area contributed by atoms with Crippen LogP contribution in [-0.2, 0) is 17.8 Å². The van der Waals surface area contributed by atoms with E-state index in [9.17, 15) is 24.9 Å². The number of aliphatic carboxylic acids is 1. The number of nitrogens with zero attached hydrogens (tertiary/aromatic N) is 3. The molecule has 0 aliphatic carbocycles. The number of carbonyl (C=O) groups excluding carboxylic acids is 1. The Morgan fingerprint density at radius 1 is 1.03 bits per heavy atom. The van der Waals surface area contributed by atoms with E-state index in [-0.39, 0.29) is 24.5 Å². The number of nitrogens with one attached hydrogen (secondary N) is 1. The van der Waals surface area contributed by atoms with E-state index >= 15 is 0 Å². The number of carboxylic acids is 1. The minimum absolute atomic E-state index is 0.0380. The maximum Gasteiger partial charge on any atom is 0.326 e. The van der Waals surface area contributed by atoms with Crippen LogP contribution in [0.25, 0.3) is 11.1 Å². The minimum Gasteiger partial charge on any atom is -0.504 e. The molecule has 1 aliphatic heterocycles. The zero-order chi connectivity index (χ0) is 27.2. The van der Waals surface area contributed by atoms with Crippen molar-refractivity contribution >= 4 is 17.6 Å². The lowest BCUT2D eigenvalue weighted by Crippen LogP contribution is -2.40. The Kier molecular flexibility index (Phi) is 8.58. The normalized spacial score (nSPS) is 14.8. The van der Waals surface area contributed by atoms with Gasteiger partial charge in [0.2, 0.25) is 0 Å². The Hall–Kier alpha value is -3.98. The zero-order valence-corrected chi connectivity index (χ0v) is 21.7. The average Bonchev–Trinajstić information content (AvgIpc) is 2.94. The Balaban J connectivity index is 1.37. The van der Waals surface area contributed by atoms with Gasteiger partial charge in [0.25, 0.3) is 5.91 Å². The summed E-state index contributed by atoms with van der Waals surface area (Å²) in [6.07, 6.45) is 2.67. The van der Waals surface area contributed by atoms with Gasteiger partial charge < -0.3 is 25.5 Å². The molecule has 1 aliphatic rings. The number of aromatic nitrogens is 2. The van der Waals surface area contributed by atoms with Gasteiger partial charge in [0, 0.05) is 25.2 Å². The first-order valence-electron chi connectivity index (χ1n) is 12.9. The summed E-state index contributed by atoms with van der Waals surface area (Å²) in [6, 6.07) is 15.3. The molecule has 200 valence electrons. The van der Waals surface area contributed by atoms with Gasteiger partial charge in [-0.2, -0.15) is 0 Å². The van der Waals surface area contributed by atoms with E-state index in [0.717, 1.165) is 42.6 Å². The molecule has 2 heterocycles. The minimum atomic E-state index is -1.13. The molecule has 0 saturated carbocycles. The van der Waals surface area contributed by atoms with E-state index in [1.54, 1.807) is 13.8 Å². The maximum atomic E-state index is 12.6. The highest BCUT2D eigenvalue weighted by Gasteiger charge is 2.25. The number of aliphatic hydroxyl groups is 1. The molecule has 9 nitrogen and oxygen atoms in total. The van der Waals surface area contributed by atoms with Crippen molar-refractivity contribution in [3.05, 3.63) is 71.3 Å². The SMILES string of the molecule is CCC(NC(=O)c1nc(CC2CCN(c3ccc(-c4ccc(CO)cc4)cc3)CC2)nc(C)c1O)C(=O)O. The van der Waals surface area contributed by atoms with Crippen LogP contribution in [0, 0.1) is 12.8 Å². The first-order chi connectivity index (χ1) is 18.3. The van der Waals surface area contributed by atoms with E-state index in [1.165, 1.54) is 5.69 Å². The number of carboxylic acid groups (broad SMARTS) is 1. The third-order valence-corrected chi connectivity index (χ3v) is 7.12. The van der Waals surface area contributed by atoms with Gasteiger partial charge in [-0.3, -0.25) is 4.79 Å². The molecule has 4 rings (SSSR count). The Morgan fingerprint density at radius 3 is 2.18 bits per heavy atom. The number of rotatable bonds is 9. The summed E-state index contributed by atoms with van der Waals surface area (Å²) < 4.78 is 0. The molecule has 2 aromatic carbocycles. The van der Waals surface area contributed by atoms with Crippen LogP contribution < -0.4 is 10.2 Å². The van der Waals surface area contributed by atoms with Gasteiger partial charge in [-0.05, 0) is 60.9 Å². The standard InChI is InChI=1S/C29H34N4O5/c1-3-24(29(37)38)31-28(36)26-27(35)18(2)30-25(32-26)16-19-12-14-33(15-13-19)23-10-8-22(9-11-23)21-6-4-20(17-34)5-7-21/h4-11,19,24,34-35H,3,12-17H2,1-2H3,(H,31,36)(H,37,38). The Labute approximate surface area is 222 Å². The number of anilines is 1. The highest BCUT2D eigenvalue weighted by Crippen LogP contribution is 2.29. The van der Waals surface area contributed by atoms with Gasteiger partial charge in [-0.1, -0.05) is 43.3 Å². The van der Waals surface area contributed by atoms with Crippen molar-refractivity contribution in [2.45, 2.75) is 52.2 Å². The largest absolute Gasteiger partial charge is 0.504 e. The van der Waals surface area contributed by atoms with Gasteiger partial charge in [-0.15, -0.1) is 0 Å². The summed E-state index contributed by atoms with van der Waals surface area (Å²) in [7, 11) is 0. The quantitative estimate of drug-likeness (QED) is 0.337. The topological polar surface area (TPSA) is 136 Å². The van der Waals surface area contributed by atoms with Crippen molar-refractivity contribution in [1.29, 1.82) is 0 Å². The zero-order valence-electron chi connectivity index (χ0n) is 21.7. The van der Waals surface area contributed by atoms with Crippen LogP contribution >= 0.6 is 0 Å². The van der Waals surface area contributed by atoms with Crippen LogP contribution in [0.2, 0.25) is 0 Å². The number of piperidine rings is 1. The summed E-state index contributed by atoms with van der Waals surface area (Å²) in [4.78, 5) is 35.0. The molecule has 1 unspecified atom stereocenters. The van der Waals surface area contributed by atoms with E-state index in [4.69, 9.17) is 0 Å². The monoisotopic (exact) mass is 518 g/mol. The molecule has 4 N–H and O–H groups in total. The lowest BCUT2D eigenvalue weighted by molar-refractivity contribution is -0.139. The second kappa shape index (κ2) is 12.0. The van der Waals surface area contributed by atoms with Crippen molar-refractivity contribution in [3.8, 4) is 16.9 Å². The molecule has 1 atom stereocenters. The van der Waals surface area contributed by atoms with E-state index < -0.39 is 17.9 Å². The van der Waals surface area contributed by atoms with Gasteiger partial charge >= 0.3 is 5.97 Å². The van der Waals surface area contributed by atoms with Gasteiger partial charge in [0.15, 0.2) is 11.4 Å². The lowest BCUT2D eigenvalue weighted by atomic mass is 9.92. The molecule has 0 spiro atoms. The molecule has 1 aromatic heterocycles. The second-order valence-electron chi connectivity index (χ2n) is 9.73. The van der Waals surface area contributed by atoms with Gasteiger partial charge in [-0.25, -0.2) is 14.8 Å². The molecular formula is C29H34N4O5. The van der Waals surface area contributed by atoms with Crippen LogP contribution in [0.3, 0.4) is 0 Å². The second-order valence-corrected chi connectivity index (χ2v) is 9.73. The first kappa shape index (κ1) is 27.1. The molecule has 1 fully saturated rings. The summed E-state index contributed by atoms with van der Waals surface area (Å²) in [5, 5.41) is 31.2. The fraction of sp³-hybridized carbons (Fsp3) is 0.379. The summed E-state index contributed by atoms with van der Waals surface area (Å²) in [6.45, 7) is 5.08. The molecule has 38 heavy (non-hydrogen) atoms. The molecule has 3 aromatic rings. The van der Waals surface area contributed by atoms with E-state index in [1.807, 2.05) is 24.3 Å². The highest BCUT2D eigenvalue weighted by atomic mass is 16.4. The average molecular weight is 519 g/mol. The van der Waals surface area contributed by atoms with E-state index in [2.05, 4.69) is 44.5 Å². The Bertz CT molecular complexity index is 1270.